The number of para-hydroxylation sites is 1. The zero-order chi connectivity index (χ0) is 21.1. The fourth-order valence-electron chi connectivity index (χ4n) is 3.39. The van der Waals surface area contributed by atoms with Gasteiger partial charge >= 0.3 is 0 Å². The molecule has 4 rings (SSSR count). The van der Waals surface area contributed by atoms with Crippen LogP contribution in [-0.4, -0.2) is 28.2 Å². The Balaban J connectivity index is 1.72. The summed E-state index contributed by atoms with van der Waals surface area (Å²) in [7, 11) is -2.22. The second-order valence-corrected chi connectivity index (χ2v) is 8.96. The first-order valence-electron chi connectivity index (χ1n) is 9.74. The fraction of sp³-hybridized carbons (Fsp3) is 0.286. The molecule has 0 fully saturated rings. The third kappa shape index (κ3) is 4.51. The number of hydrogen-bond acceptors (Lipinski definition) is 6. The van der Waals surface area contributed by atoms with Crippen molar-refractivity contribution < 1.29 is 13.2 Å². The van der Waals surface area contributed by atoms with Gasteiger partial charge in [0, 0.05) is 19.3 Å². The highest BCUT2D eigenvalue weighted by molar-refractivity contribution is 7.92. The lowest BCUT2D eigenvalue weighted by molar-refractivity contribution is 0.462. The number of nitrogens with zero attached hydrogens (tertiary/aromatic N) is 4. The van der Waals surface area contributed by atoms with Gasteiger partial charge < -0.3 is 4.74 Å². The second-order valence-electron chi connectivity index (χ2n) is 7.28. The number of rotatable bonds is 6. The zero-order valence-electron chi connectivity index (χ0n) is 16.8. The molecule has 0 saturated heterocycles. The van der Waals surface area contributed by atoms with Gasteiger partial charge in [-0.15, -0.1) is 0 Å². The van der Waals surface area contributed by atoms with Crippen LogP contribution in [0.1, 0.15) is 31.9 Å². The van der Waals surface area contributed by atoms with Crippen LogP contribution in [0.2, 0.25) is 0 Å². The summed E-state index contributed by atoms with van der Waals surface area (Å²) in [6, 6.07) is 11.0. The minimum Gasteiger partial charge on any atom is -0.439 e. The third-order valence-corrected chi connectivity index (χ3v) is 6.20. The van der Waals surface area contributed by atoms with E-state index in [0.717, 1.165) is 24.8 Å². The normalized spacial score (nSPS) is 16.7. The molecule has 0 amide bonds. The molecule has 2 heterocycles. The largest absolute Gasteiger partial charge is 0.439 e. The van der Waals surface area contributed by atoms with E-state index in [0.29, 0.717) is 17.4 Å². The monoisotopic (exact) mass is 425 g/mol. The number of aryl methyl sites for hydroxylation is 1. The first kappa shape index (κ1) is 20.1. The number of benzene rings is 1. The minimum absolute atomic E-state index is 0.0368. The van der Waals surface area contributed by atoms with Gasteiger partial charge in [-0.2, -0.15) is 10.1 Å². The molecule has 1 aliphatic rings. The van der Waals surface area contributed by atoms with Crippen molar-refractivity contribution in [1.29, 1.82) is 0 Å². The van der Waals surface area contributed by atoms with Gasteiger partial charge in [-0.25, -0.2) is 18.1 Å². The van der Waals surface area contributed by atoms with Crippen LogP contribution in [0.5, 0.6) is 11.6 Å². The lowest BCUT2D eigenvalue weighted by atomic mass is 9.87. The molecule has 0 spiro atoms. The summed E-state index contributed by atoms with van der Waals surface area (Å²) in [5.41, 5.74) is 1.73. The number of aromatic nitrogens is 4. The Morgan fingerprint density at radius 2 is 2.00 bits per heavy atom. The standard InChI is InChI=1S/C21H23N5O3S/c1-15-8-6-7-11-18(15)19-12-20(29-16-9-4-3-5-10-16)24-21(23-19)25-30(27,28)17-13-22-26(2)14-17/h3-5,9-15H,6-8H2,1-2H3,(H,23,24,25). The number of sulfonamides is 1. The van der Waals surface area contributed by atoms with Gasteiger partial charge in [-0.1, -0.05) is 31.2 Å². The predicted octanol–water partition coefficient (Wildman–Crippen LogP) is 4.01. The highest BCUT2D eigenvalue weighted by Crippen LogP contribution is 2.33. The van der Waals surface area contributed by atoms with E-state index in [4.69, 9.17) is 4.74 Å². The van der Waals surface area contributed by atoms with E-state index in [-0.39, 0.29) is 16.7 Å². The summed E-state index contributed by atoms with van der Waals surface area (Å²) in [6.45, 7) is 2.14. The highest BCUT2D eigenvalue weighted by Gasteiger charge is 2.22. The summed E-state index contributed by atoms with van der Waals surface area (Å²) in [5.74, 6) is 1.16. The predicted molar refractivity (Wildman–Crippen MR) is 114 cm³/mol. The molecule has 2 aromatic heterocycles. The molecule has 0 bridgehead atoms. The van der Waals surface area contributed by atoms with Crippen molar-refractivity contribution in [3.05, 3.63) is 60.6 Å². The third-order valence-electron chi connectivity index (χ3n) is 4.92. The number of allylic oxidation sites excluding steroid dienone is 2. The molecule has 0 aliphatic heterocycles. The molecule has 1 N–H and O–H groups in total. The van der Waals surface area contributed by atoms with Crippen molar-refractivity contribution in [3.63, 3.8) is 0 Å². The molecule has 8 nitrogen and oxygen atoms in total. The second kappa shape index (κ2) is 8.27. The molecule has 9 heteroatoms. The topological polar surface area (TPSA) is 99.0 Å². The van der Waals surface area contributed by atoms with Crippen LogP contribution < -0.4 is 9.46 Å². The number of nitrogens with one attached hydrogen (secondary N) is 1. The van der Waals surface area contributed by atoms with Crippen molar-refractivity contribution >= 4 is 21.5 Å². The van der Waals surface area contributed by atoms with Gasteiger partial charge in [0.15, 0.2) is 0 Å². The van der Waals surface area contributed by atoms with Gasteiger partial charge in [0.25, 0.3) is 10.0 Å². The smallest absolute Gasteiger partial charge is 0.267 e. The minimum atomic E-state index is -3.88. The number of hydrogen-bond donors (Lipinski definition) is 1. The molecule has 1 aromatic carbocycles. The van der Waals surface area contributed by atoms with E-state index in [9.17, 15) is 8.42 Å². The van der Waals surface area contributed by atoms with Gasteiger partial charge in [-0.05, 0) is 42.9 Å². The van der Waals surface area contributed by atoms with Gasteiger partial charge in [0.2, 0.25) is 11.8 Å². The molecule has 1 atom stereocenters. The number of anilines is 1. The van der Waals surface area contributed by atoms with E-state index in [1.165, 1.54) is 17.1 Å². The Labute approximate surface area is 175 Å². The average Bonchev–Trinajstić information content (AvgIpc) is 3.16. The van der Waals surface area contributed by atoms with Crippen LogP contribution in [0.4, 0.5) is 5.95 Å². The number of ether oxygens (including phenoxy) is 1. The van der Waals surface area contributed by atoms with Crippen LogP contribution in [0.15, 0.2) is 59.8 Å². The summed E-state index contributed by atoms with van der Waals surface area (Å²) in [5, 5.41) is 3.92. The van der Waals surface area contributed by atoms with Crippen LogP contribution >= 0.6 is 0 Å². The summed E-state index contributed by atoms with van der Waals surface area (Å²) in [4.78, 5) is 8.81. The van der Waals surface area contributed by atoms with Gasteiger partial charge in [0.05, 0.1) is 11.9 Å². The van der Waals surface area contributed by atoms with E-state index < -0.39 is 10.0 Å². The maximum atomic E-state index is 12.7. The van der Waals surface area contributed by atoms with Crippen LogP contribution in [-0.2, 0) is 17.1 Å². The molecule has 30 heavy (non-hydrogen) atoms. The summed E-state index contributed by atoms with van der Waals surface area (Å²) in [6.07, 6.45) is 8.00. The molecule has 156 valence electrons. The first-order valence-corrected chi connectivity index (χ1v) is 11.2. The molecule has 0 saturated carbocycles. The maximum absolute atomic E-state index is 12.7. The fourth-order valence-corrected chi connectivity index (χ4v) is 4.32. The van der Waals surface area contributed by atoms with Crippen LogP contribution in [0.25, 0.3) is 5.57 Å². The lowest BCUT2D eigenvalue weighted by Crippen LogP contribution is -2.16. The zero-order valence-corrected chi connectivity index (χ0v) is 17.6. The molecular formula is C21H23N5O3S. The van der Waals surface area contributed by atoms with Gasteiger partial charge in [0.1, 0.15) is 10.6 Å². The van der Waals surface area contributed by atoms with Gasteiger partial charge in [-0.3, -0.25) is 4.68 Å². The van der Waals surface area contributed by atoms with E-state index in [1.54, 1.807) is 13.1 Å². The molecule has 3 aromatic rings. The Morgan fingerprint density at radius 3 is 2.70 bits per heavy atom. The highest BCUT2D eigenvalue weighted by atomic mass is 32.2. The maximum Gasteiger partial charge on any atom is 0.267 e. The summed E-state index contributed by atoms with van der Waals surface area (Å²) < 4.78 is 35.2. The Kier molecular flexibility index (Phi) is 5.54. The van der Waals surface area contributed by atoms with Crippen molar-refractivity contribution in [2.45, 2.75) is 31.1 Å². The van der Waals surface area contributed by atoms with Crippen LogP contribution in [0.3, 0.4) is 0 Å². The summed E-state index contributed by atoms with van der Waals surface area (Å²) >= 11 is 0. The average molecular weight is 426 g/mol. The van der Waals surface area contributed by atoms with Crippen molar-refractivity contribution in [2.75, 3.05) is 4.72 Å². The Hall–Kier alpha value is -3.20. The van der Waals surface area contributed by atoms with Crippen LogP contribution in [0, 0.1) is 5.92 Å². The SMILES string of the molecule is CC1CCCC=C1c1cc(Oc2ccccc2)nc(NS(=O)(=O)c2cnn(C)c2)n1. The first-order chi connectivity index (χ1) is 14.4. The van der Waals surface area contributed by atoms with E-state index >= 15 is 0 Å². The molecule has 1 aliphatic carbocycles. The Morgan fingerprint density at radius 1 is 1.20 bits per heavy atom. The quantitative estimate of drug-likeness (QED) is 0.641. The lowest BCUT2D eigenvalue weighted by Gasteiger charge is -2.21. The van der Waals surface area contributed by atoms with Crippen molar-refractivity contribution in [2.24, 2.45) is 13.0 Å². The van der Waals surface area contributed by atoms with E-state index in [1.807, 2.05) is 30.3 Å². The molecule has 1 unspecified atom stereocenters. The Bertz CT molecular complexity index is 1170. The van der Waals surface area contributed by atoms with Crippen molar-refractivity contribution in [3.8, 4) is 11.6 Å². The van der Waals surface area contributed by atoms with E-state index in [2.05, 4.69) is 32.8 Å². The van der Waals surface area contributed by atoms with Crippen molar-refractivity contribution in [1.82, 2.24) is 19.7 Å². The molecular weight excluding hydrogens is 402 g/mol. The molecule has 0 radical (unpaired) electrons.